The third-order valence-electron chi connectivity index (χ3n) is 5.40. The second kappa shape index (κ2) is 8.60. The number of carbonyl (C=O) groups excluding carboxylic acids is 2. The van der Waals surface area contributed by atoms with Crippen LogP contribution in [0, 0.1) is 15.4 Å². The van der Waals surface area contributed by atoms with Gasteiger partial charge in [-0.2, -0.15) is 0 Å². The van der Waals surface area contributed by atoms with Crippen molar-refractivity contribution < 1.29 is 14.3 Å². The third kappa shape index (κ3) is 5.25. The van der Waals surface area contributed by atoms with E-state index in [0.717, 1.165) is 22.3 Å². The van der Waals surface area contributed by atoms with Crippen LogP contribution in [0.3, 0.4) is 0 Å². The fourth-order valence-corrected chi connectivity index (χ4v) is 4.58. The number of anilines is 2. The molecule has 2 aliphatic rings. The van der Waals surface area contributed by atoms with E-state index in [4.69, 9.17) is 4.74 Å². The van der Waals surface area contributed by atoms with Crippen LogP contribution in [0.15, 0.2) is 36.7 Å². The minimum atomic E-state index is -0.491. The van der Waals surface area contributed by atoms with Crippen molar-refractivity contribution in [2.24, 2.45) is 11.8 Å². The Morgan fingerprint density at radius 2 is 1.84 bits per heavy atom. The fraction of sp³-hybridized carbons (Fsp3) is 0.455. The summed E-state index contributed by atoms with van der Waals surface area (Å²) in [5.41, 5.74) is 0.515. The molecule has 2 aliphatic heterocycles. The predicted octanol–water partition coefficient (Wildman–Crippen LogP) is 3.64. The van der Waals surface area contributed by atoms with Gasteiger partial charge in [-0.25, -0.2) is 9.78 Å². The molecule has 2 saturated heterocycles. The van der Waals surface area contributed by atoms with Gasteiger partial charge in [-0.15, -0.1) is 0 Å². The minimum Gasteiger partial charge on any atom is -0.444 e. The summed E-state index contributed by atoms with van der Waals surface area (Å²) in [6.45, 7) is 8.55. The summed E-state index contributed by atoms with van der Waals surface area (Å²) in [7, 11) is 0. The molecule has 164 valence electrons. The van der Waals surface area contributed by atoms with Crippen molar-refractivity contribution in [3.63, 3.8) is 0 Å². The molecular formula is C22H26IN5O3. The number of hydrogen-bond acceptors (Lipinski definition) is 6. The molecule has 2 amide bonds. The fourth-order valence-electron chi connectivity index (χ4n) is 4.03. The molecule has 31 heavy (non-hydrogen) atoms. The van der Waals surface area contributed by atoms with E-state index in [0.29, 0.717) is 30.7 Å². The first-order valence-electron chi connectivity index (χ1n) is 10.3. The highest BCUT2D eigenvalue weighted by Gasteiger charge is 2.43. The summed E-state index contributed by atoms with van der Waals surface area (Å²) in [5, 5.41) is 2.87. The van der Waals surface area contributed by atoms with Gasteiger partial charge in [-0.05, 0) is 61.6 Å². The second-order valence-electron chi connectivity index (χ2n) is 9.04. The Morgan fingerprint density at radius 1 is 1.13 bits per heavy atom. The van der Waals surface area contributed by atoms with Crippen molar-refractivity contribution in [2.75, 3.05) is 36.4 Å². The molecule has 1 aromatic carbocycles. The number of rotatable bonds is 3. The standard InChI is InChI=1S/C22H26IN5O3/c1-22(2,3)31-21(30)28-12-14-10-27(11-15(14)13-28)19-9-24-8-18(26-19)20(29)25-17-6-4-5-16(23)7-17/h4-9,14-15H,10-13H2,1-3H3,(H,25,29)/t14-,15+. The van der Waals surface area contributed by atoms with Gasteiger partial charge in [0.05, 0.1) is 12.4 Å². The highest BCUT2D eigenvalue weighted by molar-refractivity contribution is 14.1. The average Bonchev–Trinajstić information content (AvgIpc) is 3.26. The summed E-state index contributed by atoms with van der Waals surface area (Å²) in [4.78, 5) is 37.7. The lowest BCUT2D eigenvalue weighted by atomic mass is 10.0. The molecule has 0 saturated carbocycles. The minimum absolute atomic E-state index is 0.248. The number of benzene rings is 1. The van der Waals surface area contributed by atoms with E-state index in [1.54, 1.807) is 11.1 Å². The van der Waals surface area contributed by atoms with Crippen LogP contribution in [0.5, 0.6) is 0 Å². The predicted molar refractivity (Wildman–Crippen MR) is 126 cm³/mol. The molecule has 1 N–H and O–H groups in total. The Morgan fingerprint density at radius 3 is 2.48 bits per heavy atom. The lowest BCUT2D eigenvalue weighted by Gasteiger charge is -2.26. The maximum atomic E-state index is 12.6. The molecule has 0 unspecified atom stereocenters. The topological polar surface area (TPSA) is 87.7 Å². The number of halogens is 1. The zero-order valence-electron chi connectivity index (χ0n) is 17.8. The van der Waals surface area contributed by atoms with Gasteiger partial charge in [-0.3, -0.25) is 9.78 Å². The molecule has 2 aromatic rings. The Labute approximate surface area is 195 Å². The van der Waals surface area contributed by atoms with E-state index in [1.165, 1.54) is 6.20 Å². The van der Waals surface area contributed by atoms with Crippen LogP contribution in [0.25, 0.3) is 0 Å². The number of nitrogens with zero attached hydrogens (tertiary/aromatic N) is 4. The molecule has 8 nitrogen and oxygen atoms in total. The van der Waals surface area contributed by atoms with Crippen LogP contribution in [-0.2, 0) is 4.74 Å². The summed E-state index contributed by atoms with van der Waals surface area (Å²) in [6.07, 6.45) is 2.92. The maximum absolute atomic E-state index is 12.6. The summed E-state index contributed by atoms with van der Waals surface area (Å²) >= 11 is 2.20. The SMILES string of the molecule is CC(C)(C)OC(=O)N1C[C@@H]2CN(c3cncc(C(=O)Nc4cccc(I)c4)n3)C[C@@H]2C1. The van der Waals surface area contributed by atoms with Crippen LogP contribution >= 0.6 is 22.6 Å². The van der Waals surface area contributed by atoms with E-state index in [1.807, 2.05) is 45.0 Å². The van der Waals surface area contributed by atoms with Gasteiger partial charge in [-0.1, -0.05) is 6.07 Å². The van der Waals surface area contributed by atoms with Gasteiger partial charge in [0.1, 0.15) is 17.1 Å². The monoisotopic (exact) mass is 535 g/mol. The first kappa shape index (κ1) is 21.8. The first-order chi connectivity index (χ1) is 14.7. The summed E-state index contributed by atoms with van der Waals surface area (Å²) < 4.78 is 6.54. The molecular weight excluding hydrogens is 509 g/mol. The number of carbonyl (C=O) groups is 2. The van der Waals surface area contributed by atoms with E-state index < -0.39 is 5.60 Å². The average molecular weight is 535 g/mol. The van der Waals surface area contributed by atoms with Gasteiger partial charge in [0.2, 0.25) is 0 Å². The van der Waals surface area contributed by atoms with Gasteiger partial charge < -0.3 is 19.9 Å². The van der Waals surface area contributed by atoms with Gasteiger partial charge in [0.15, 0.2) is 0 Å². The maximum Gasteiger partial charge on any atom is 0.410 e. The number of nitrogens with one attached hydrogen (secondary N) is 1. The molecule has 3 heterocycles. The molecule has 9 heteroatoms. The number of aromatic nitrogens is 2. The largest absolute Gasteiger partial charge is 0.444 e. The van der Waals surface area contributed by atoms with E-state index in [9.17, 15) is 9.59 Å². The van der Waals surface area contributed by atoms with Gasteiger partial charge in [0.25, 0.3) is 5.91 Å². The zero-order chi connectivity index (χ0) is 22.2. The zero-order valence-corrected chi connectivity index (χ0v) is 20.0. The molecule has 2 atom stereocenters. The number of likely N-dealkylation sites (tertiary alicyclic amines) is 1. The number of ether oxygens (including phenoxy) is 1. The van der Waals surface area contributed by atoms with Crippen molar-refractivity contribution in [1.29, 1.82) is 0 Å². The smallest absolute Gasteiger partial charge is 0.410 e. The molecule has 0 bridgehead atoms. The second-order valence-corrected chi connectivity index (χ2v) is 10.3. The molecule has 0 aliphatic carbocycles. The molecule has 4 rings (SSSR count). The van der Waals surface area contributed by atoms with E-state index in [2.05, 4.69) is 42.8 Å². The quantitative estimate of drug-likeness (QED) is 0.605. The van der Waals surface area contributed by atoms with Crippen LogP contribution in [0.2, 0.25) is 0 Å². The molecule has 1 aromatic heterocycles. The lowest BCUT2D eigenvalue weighted by molar-refractivity contribution is 0.0282. The van der Waals surface area contributed by atoms with Crippen molar-refractivity contribution in [1.82, 2.24) is 14.9 Å². The van der Waals surface area contributed by atoms with Crippen molar-refractivity contribution in [3.8, 4) is 0 Å². The Hall–Kier alpha value is -2.43. The van der Waals surface area contributed by atoms with Crippen molar-refractivity contribution in [3.05, 3.63) is 45.9 Å². The molecule has 2 fully saturated rings. The summed E-state index contributed by atoms with van der Waals surface area (Å²) in [5.74, 6) is 1.12. The number of amides is 2. The van der Waals surface area contributed by atoms with Gasteiger partial charge >= 0.3 is 6.09 Å². The normalized spacial score (nSPS) is 20.5. The lowest BCUT2D eigenvalue weighted by Crippen LogP contribution is -2.37. The highest BCUT2D eigenvalue weighted by atomic mass is 127. The van der Waals surface area contributed by atoms with Crippen LogP contribution < -0.4 is 10.2 Å². The van der Waals surface area contributed by atoms with Crippen LogP contribution in [0.1, 0.15) is 31.3 Å². The summed E-state index contributed by atoms with van der Waals surface area (Å²) in [6, 6.07) is 7.59. The Bertz CT molecular complexity index is 979. The van der Waals surface area contributed by atoms with E-state index >= 15 is 0 Å². The Kier molecular flexibility index (Phi) is 6.05. The number of fused-ring (bicyclic) bond motifs is 1. The van der Waals surface area contributed by atoms with Gasteiger partial charge in [0, 0.05) is 47.3 Å². The van der Waals surface area contributed by atoms with Crippen molar-refractivity contribution in [2.45, 2.75) is 26.4 Å². The van der Waals surface area contributed by atoms with Crippen molar-refractivity contribution >= 4 is 46.1 Å². The number of hydrogen-bond donors (Lipinski definition) is 1. The van der Waals surface area contributed by atoms with Crippen LogP contribution in [0.4, 0.5) is 16.3 Å². The molecule has 0 spiro atoms. The van der Waals surface area contributed by atoms with Crippen LogP contribution in [-0.4, -0.2) is 58.6 Å². The van der Waals surface area contributed by atoms with E-state index in [-0.39, 0.29) is 17.7 Å². The Balaban J connectivity index is 1.38. The third-order valence-corrected chi connectivity index (χ3v) is 6.07. The first-order valence-corrected chi connectivity index (χ1v) is 11.4. The highest BCUT2D eigenvalue weighted by Crippen LogP contribution is 2.33. The molecule has 0 radical (unpaired) electrons.